The molecule has 0 spiro atoms. The van der Waals surface area contributed by atoms with Crippen LogP contribution >= 0.6 is 0 Å². The number of aromatic nitrogens is 1. The molecule has 2 aliphatic heterocycles. The summed E-state index contributed by atoms with van der Waals surface area (Å²) >= 11 is 0. The number of piperidine rings is 1. The van der Waals surface area contributed by atoms with Crippen LogP contribution in [-0.4, -0.2) is 53.8 Å². The molecule has 3 rings (SSSR count). The van der Waals surface area contributed by atoms with E-state index in [4.69, 9.17) is 15.9 Å². The van der Waals surface area contributed by atoms with Gasteiger partial charge in [0.25, 0.3) is 0 Å². The van der Waals surface area contributed by atoms with Crippen molar-refractivity contribution in [1.82, 2.24) is 9.88 Å². The van der Waals surface area contributed by atoms with Crippen molar-refractivity contribution in [2.75, 3.05) is 31.1 Å². The zero-order valence-corrected chi connectivity index (χ0v) is 16.0. The van der Waals surface area contributed by atoms with E-state index in [2.05, 4.69) is 4.98 Å². The first-order chi connectivity index (χ1) is 13.3. The number of halogens is 1. The quantitative estimate of drug-likeness (QED) is 0.429. The highest BCUT2D eigenvalue weighted by molar-refractivity contribution is 5.94. The van der Waals surface area contributed by atoms with E-state index < -0.39 is 11.8 Å². The van der Waals surface area contributed by atoms with E-state index in [0.717, 1.165) is 39.0 Å². The molecule has 0 atom stereocenters. The minimum atomic E-state index is -0.661. The predicted octanol–water partition coefficient (Wildman–Crippen LogP) is 1.28. The van der Waals surface area contributed by atoms with Crippen LogP contribution in [0.2, 0.25) is 0 Å². The van der Waals surface area contributed by atoms with Crippen LogP contribution in [0.4, 0.5) is 10.2 Å². The van der Waals surface area contributed by atoms with E-state index in [1.54, 1.807) is 6.92 Å². The van der Waals surface area contributed by atoms with E-state index in [0.29, 0.717) is 11.8 Å². The number of esters is 1. The number of hydrogen-bond donors (Lipinski definition) is 2. The molecule has 8 nitrogen and oxygen atoms in total. The minimum absolute atomic E-state index is 0.126. The fourth-order valence-electron chi connectivity index (χ4n) is 3.84. The summed E-state index contributed by atoms with van der Waals surface area (Å²) in [6.07, 6.45) is 3.17. The first-order valence-electron chi connectivity index (χ1n) is 9.47. The third-order valence-corrected chi connectivity index (χ3v) is 5.54. The molecule has 0 aromatic carbocycles. The van der Waals surface area contributed by atoms with E-state index in [1.165, 1.54) is 12.3 Å². The summed E-state index contributed by atoms with van der Waals surface area (Å²) in [7, 11) is 0. The summed E-state index contributed by atoms with van der Waals surface area (Å²) < 4.78 is 19.7. The van der Waals surface area contributed by atoms with Crippen molar-refractivity contribution in [3.8, 4) is 0 Å². The number of amides is 1. The first kappa shape index (κ1) is 20.0. The molecule has 2 saturated heterocycles. The fourth-order valence-corrected chi connectivity index (χ4v) is 3.84. The Morgan fingerprint density at radius 2 is 2.00 bits per heavy atom. The van der Waals surface area contributed by atoms with Crippen molar-refractivity contribution in [3.63, 3.8) is 0 Å². The monoisotopic (exact) mass is 391 g/mol. The Kier molecular flexibility index (Phi) is 6.11. The number of carbonyl (C=O) groups excluding carboxylic acids is 2. The summed E-state index contributed by atoms with van der Waals surface area (Å²) in [6, 6.07) is 1.48. The normalized spacial score (nSPS) is 17.9. The second-order valence-corrected chi connectivity index (χ2v) is 7.48. The van der Waals surface area contributed by atoms with Crippen molar-refractivity contribution in [2.45, 2.75) is 32.8 Å². The van der Waals surface area contributed by atoms with Crippen molar-refractivity contribution >= 4 is 23.5 Å². The molecule has 0 bridgehead atoms. The number of nitrogens with two attached hydrogens (primary N) is 1. The molecular weight excluding hydrogens is 365 g/mol. The van der Waals surface area contributed by atoms with Gasteiger partial charge in [-0.1, -0.05) is 0 Å². The van der Waals surface area contributed by atoms with E-state index in [-0.39, 0.29) is 36.2 Å². The lowest BCUT2D eigenvalue weighted by Crippen LogP contribution is -2.53. The summed E-state index contributed by atoms with van der Waals surface area (Å²) in [6.45, 7) is 4.46. The summed E-state index contributed by atoms with van der Waals surface area (Å²) in [5.74, 6) is -0.00731. The van der Waals surface area contributed by atoms with Gasteiger partial charge in [0.05, 0.1) is 0 Å². The Morgan fingerprint density at radius 1 is 1.32 bits per heavy atom. The van der Waals surface area contributed by atoms with Gasteiger partial charge >= 0.3 is 5.97 Å². The molecular formula is C19H26FN5O3. The molecule has 3 N–H and O–H groups in total. The van der Waals surface area contributed by atoms with Crippen LogP contribution in [0.25, 0.3) is 0 Å². The molecule has 1 aromatic rings. The number of likely N-dealkylation sites (tertiary alicyclic amines) is 1. The van der Waals surface area contributed by atoms with E-state index >= 15 is 0 Å². The highest BCUT2D eigenvalue weighted by Gasteiger charge is 2.37. The van der Waals surface area contributed by atoms with Gasteiger partial charge in [0.15, 0.2) is 11.6 Å². The smallest absolute Gasteiger partial charge is 0.313 e. The maximum Gasteiger partial charge on any atom is 0.313 e. The minimum Gasteiger partial charge on any atom is -0.460 e. The number of pyridine rings is 1. The Balaban J connectivity index is 1.52. The Hall–Kier alpha value is -2.71. The molecule has 152 valence electrons. The first-order valence-corrected chi connectivity index (χ1v) is 9.47. The molecule has 2 fully saturated rings. The van der Waals surface area contributed by atoms with Crippen LogP contribution in [-0.2, 0) is 20.9 Å². The van der Waals surface area contributed by atoms with Crippen LogP contribution < -0.4 is 10.6 Å². The second-order valence-electron chi connectivity index (χ2n) is 7.48. The number of ether oxygens (including phenoxy) is 1. The number of rotatable bonds is 6. The molecule has 3 heterocycles. The predicted molar refractivity (Wildman–Crippen MR) is 101 cm³/mol. The van der Waals surface area contributed by atoms with Crippen LogP contribution in [0.5, 0.6) is 0 Å². The molecule has 1 amide bonds. The highest BCUT2D eigenvalue weighted by atomic mass is 19.1. The largest absolute Gasteiger partial charge is 0.460 e. The van der Waals surface area contributed by atoms with Crippen molar-refractivity contribution in [3.05, 3.63) is 23.6 Å². The van der Waals surface area contributed by atoms with E-state index in [1.807, 2.05) is 9.80 Å². The Labute approximate surface area is 163 Å². The lowest BCUT2D eigenvalue weighted by Gasteiger charge is -2.46. The molecule has 0 unspecified atom stereocenters. The van der Waals surface area contributed by atoms with Crippen LogP contribution in [0.15, 0.2) is 12.3 Å². The van der Waals surface area contributed by atoms with Gasteiger partial charge in [-0.3, -0.25) is 15.0 Å². The van der Waals surface area contributed by atoms with Gasteiger partial charge < -0.3 is 20.3 Å². The molecule has 0 saturated carbocycles. The maximum absolute atomic E-state index is 14.8. The zero-order valence-electron chi connectivity index (χ0n) is 16.0. The lowest BCUT2D eigenvalue weighted by molar-refractivity contribution is -0.143. The third-order valence-electron chi connectivity index (χ3n) is 5.54. The van der Waals surface area contributed by atoms with Crippen molar-refractivity contribution < 1.29 is 18.7 Å². The number of carbonyl (C=O) groups is 2. The third kappa shape index (κ3) is 4.58. The average molecular weight is 391 g/mol. The van der Waals surface area contributed by atoms with Gasteiger partial charge in [0.1, 0.15) is 18.9 Å². The molecule has 28 heavy (non-hydrogen) atoms. The number of hydrogen-bond acceptors (Lipinski definition) is 6. The van der Waals surface area contributed by atoms with Crippen molar-refractivity contribution in [2.24, 2.45) is 17.6 Å². The molecule has 9 heteroatoms. The topological polar surface area (TPSA) is 113 Å². The summed E-state index contributed by atoms with van der Waals surface area (Å²) in [5, 5.41) is 7.08. The Bertz CT molecular complexity index is 758. The van der Waals surface area contributed by atoms with Gasteiger partial charge in [-0.2, -0.15) is 0 Å². The summed E-state index contributed by atoms with van der Waals surface area (Å²) in [5.41, 5.74) is 5.40. The molecule has 2 aliphatic rings. The van der Waals surface area contributed by atoms with Crippen LogP contribution in [0, 0.1) is 23.1 Å². The molecule has 1 aromatic heterocycles. The van der Waals surface area contributed by atoms with Gasteiger partial charge in [-0.15, -0.1) is 0 Å². The van der Waals surface area contributed by atoms with Gasteiger partial charge in [0.2, 0.25) is 5.91 Å². The Morgan fingerprint density at radius 3 is 2.61 bits per heavy atom. The average Bonchev–Trinajstić information content (AvgIpc) is 2.60. The van der Waals surface area contributed by atoms with Crippen molar-refractivity contribution in [1.29, 1.82) is 5.41 Å². The number of nitrogens with one attached hydrogen (secondary N) is 1. The van der Waals surface area contributed by atoms with Crippen LogP contribution in [0.1, 0.15) is 31.7 Å². The number of amidine groups is 1. The van der Waals surface area contributed by atoms with E-state index in [9.17, 15) is 14.0 Å². The highest BCUT2D eigenvalue weighted by Crippen LogP contribution is 2.35. The lowest BCUT2D eigenvalue weighted by atomic mass is 9.79. The molecule has 0 aliphatic carbocycles. The maximum atomic E-state index is 14.8. The number of nitrogens with zero attached hydrogens (tertiary/aromatic N) is 3. The fraction of sp³-hybridized carbons (Fsp3) is 0.579. The van der Waals surface area contributed by atoms with Gasteiger partial charge in [0, 0.05) is 44.9 Å². The molecule has 0 radical (unpaired) electrons. The SMILES string of the molecule is CC(=O)N1CCC(C2CN(c3nccc(COC(=O)CC(=N)N)c3F)C2)CC1. The second kappa shape index (κ2) is 8.53. The zero-order chi connectivity index (χ0) is 20.3. The van der Waals surface area contributed by atoms with Crippen LogP contribution in [0.3, 0.4) is 0 Å². The standard InChI is InChI=1S/C19H26FN5O3/c1-12(26)24-6-3-13(4-7-24)15-9-25(10-15)19-18(20)14(2-5-23-19)11-28-17(27)8-16(21)22/h2,5,13,15H,3-4,6-11H2,1H3,(H3,21,22). The number of anilines is 1. The van der Waals surface area contributed by atoms with Gasteiger partial charge in [-0.05, 0) is 30.7 Å². The van der Waals surface area contributed by atoms with Gasteiger partial charge in [-0.25, -0.2) is 9.37 Å². The summed E-state index contributed by atoms with van der Waals surface area (Å²) in [4.78, 5) is 30.9.